The molecule has 0 N–H and O–H groups in total. The number of aryl methyl sites for hydroxylation is 1. The predicted molar refractivity (Wildman–Crippen MR) is 48.3 cm³/mol. The van der Waals surface area contributed by atoms with Gasteiger partial charge in [-0.3, -0.25) is 0 Å². The number of halogens is 2. The van der Waals surface area contributed by atoms with Crippen LogP contribution in [-0.4, -0.2) is 19.4 Å². The standard InChI is InChI=1S/C7H7.Bi.2ClH/c1-7-5-3-2-4-6-7;;;/h2-5H,1H3;;2*1H/q;+2;;/p-2. The first-order chi connectivity index (χ1) is 4.72. The third kappa shape index (κ3) is 2.08. The first-order valence-corrected chi connectivity index (χ1v) is 13.2. The summed E-state index contributed by atoms with van der Waals surface area (Å²) < 4.78 is 1.20. The fraction of sp³-hybridized carbons (Fsp3) is 0.143. The average Bonchev–Trinajstić information content (AvgIpc) is 1.88. The molecule has 54 valence electrons. The summed E-state index contributed by atoms with van der Waals surface area (Å²) in [6.45, 7) is 2.04. The molecule has 0 spiro atoms. The van der Waals surface area contributed by atoms with Gasteiger partial charge in [-0.05, 0) is 0 Å². The molecule has 0 saturated carbocycles. The summed E-state index contributed by atoms with van der Waals surface area (Å²) in [4.78, 5) is 0. The fourth-order valence-corrected chi connectivity index (χ4v) is 6.18. The first-order valence-electron chi connectivity index (χ1n) is 2.89. The molecular weight excluding hydrogens is 364 g/mol. The van der Waals surface area contributed by atoms with Gasteiger partial charge in [-0.2, -0.15) is 0 Å². The van der Waals surface area contributed by atoms with Crippen molar-refractivity contribution in [3.63, 3.8) is 0 Å². The summed E-state index contributed by atoms with van der Waals surface area (Å²) in [7, 11) is 11.8. The van der Waals surface area contributed by atoms with Crippen LogP contribution >= 0.6 is 17.0 Å². The Kier molecular flexibility index (Phi) is 3.42. The molecule has 0 amide bonds. The van der Waals surface area contributed by atoms with Crippen molar-refractivity contribution in [2.45, 2.75) is 6.92 Å². The Morgan fingerprint density at radius 2 is 1.80 bits per heavy atom. The van der Waals surface area contributed by atoms with E-state index in [2.05, 4.69) is 0 Å². The van der Waals surface area contributed by atoms with Crippen LogP contribution in [0.2, 0.25) is 0 Å². The van der Waals surface area contributed by atoms with Gasteiger partial charge >= 0.3 is 76.4 Å². The molecule has 0 bridgehead atoms. The van der Waals surface area contributed by atoms with E-state index in [1.165, 1.54) is 8.83 Å². The Morgan fingerprint density at radius 1 is 1.20 bits per heavy atom. The summed E-state index contributed by atoms with van der Waals surface area (Å²) in [5, 5.41) is 0. The van der Waals surface area contributed by atoms with Gasteiger partial charge in [0.25, 0.3) is 0 Å². The quantitative estimate of drug-likeness (QED) is 0.664. The molecule has 0 nitrogen and oxygen atoms in total. The van der Waals surface area contributed by atoms with E-state index >= 15 is 0 Å². The van der Waals surface area contributed by atoms with Gasteiger partial charge in [0.1, 0.15) is 0 Å². The van der Waals surface area contributed by atoms with Crippen molar-refractivity contribution in [3.8, 4) is 0 Å². The van der Waals surface area contributed by atoms with Gasteiger partial charge in [0.2, 0.25) is 0 Å². The summed E-state index contributed by atoms with van der Waals surface area (Å²) >= 11 is -2.19. The minimum atomic E-state index is -2.19. The van der Waals surface area contributed by atoms with Crippen LogP contribution in [0.25, 0.3) is 0 Å². The summed E-state index contributed by atoms with van der Waals surface area (Å²) in [6, 6.07) is 8.05. The maximum atomic E-state index is 5.88. The molecule has 0 atom stereocenters. The summed E-state index contributed by atoms with van der Waals surface area (Å²) in [5.41, 5.74) is 1.23. The van der Waals surface area contributed by atoms with Crippen LogP contribution in [-0.2, 0) is 0 Å². The van der Waals surface area contributed by atoms with E-state index in [1.54, 1.807) is 0 Å². The zero-order valence-corrected chi connectivity index (χ0v) is 10.5. The second kappa shape index (κ2) is 3.90. The third-order valence-electron chi connectivity index (χ3n) is 1.30. The Hall–Kier alpha value is 0.683. The van der Waals surface area contributed by atoms with Crippen molar-refractivity contribution in [2.24, 2.45) is 0 Å². The molecule has 1 rings (SSSR count). The van der Waals surface area contributed by atoms with E-state index in [1.807, 2.05) is 31.2 Å². The van der Waals surface area contributed by atoms with Crippen LogP contribution < -0.4 is 3.27 Å². The molecule has 0 unspecified atom stereocenters. The zero-order valence-electron chi connectivity index (χ0n) is 5.51. The van der Waals surface area contributed by atoms with Crippen molar-refractivity contribution in [3.05, 3.63) is 29.8 Å². The Balaban J connectivity index is 3.03. The SMILES string of the molecule is Cc1cccc[c]1[Bi]([Cl])[Cl]. The fourth-order valence-electron chi connectivity index (χ4n) is 0.753. The van der Waals surface area contributed by atoms with Crippen molar-refractivity contribution < 1.29 is 0 Å². The molecule has 0 fully saturated rings. The number of hydrogen-bond donors (Lipinski definition) is 0. The normalized spacial score (nSPS) is 10.4. The molecule has 1 aromatic carbocycles. The summed E-state index contributed by atoms with van der Waals surface area (Å²) in [6.07, 6.45) is 0. The van der Waals surface area contributed by atoms with Crippen molar-refractivity contribution >= 4 is 39.7 Å². The molecular formula is C7H7BiCl2. The van der Waals surface area contributed by atoms with E-state index in [-0.39, 0.29) is 0 Å². The van der Waals surface area contributed by atoms with E-state index < -0.39 is 19.4 Å². The van der Waals surface area contributed by atoms with Gasteiger partial charge in [-0.15, -0.1) is 0 Å². The van der Waals surface area contributed by atoms with Crippen LogP contribution in [0.4, 0.5) is 0 Å². The van der Waals surface area contributed by atoms with E-state index in [0.29, 0.717) is 0 Å². The van der Waals surface area contributed by atoms with Gasteiger partial charge < -0.3 is 0 Å². The van der Waals surface area contributed by atoms with Crippen LogP contribution in [0.15, 0.2) is 24.3 Å². The number of benzene rings is 1. The number of rotatable bonds is 1. The average molecular weight is 371 g/mol. The second-order valence-electron chi connectivity index (χ2n) is 2.02. The van der Waals surface area contributed by atoms with Crippen molar-refractivity contribution in [1.29, 1.82) is 0 Å². The molecule has 1 aromatic rings. The van der Waals surface area contributed by atoms with Crippen LogP contribution in [0.3, 0.4) is 0 Å². The Labute approximate surface area is 75.9 Å². The minimum absolute atomic E-state index is 1.20. The van der Waals surface area contributed by atoms with Crippen LogP contribution in [0.5, 0.6) is 0 Å². The molecule has 0 heterocycles. The number of hydrogen-bond acceptors (Lipinski definition) is 0. The molecule has 0 aliphatic carbocycles. The third-order valence-corrected chi connectivity index (χ3v) is 7.86. The molecule has 0 aliphatic heterocycles. The second-order valence-corrected chi connectivity index (χ2v) is 13.2. The van der Waals surface area contributed by atoms with Gasteiger partial charge in [-0.25, -0.2) is 0 Å². The van der Waals surface area contributed by atoms with Gasteiger partial charge in [0.15, 0.2) is 0 Å². The molecule has 0 aliphatic rings. The molecule has 0 saturated heterocycles. The Morgan fingerprint density at radius 3 is 2.20 bits per heavy atom. The molecule has 0 aromatic heterocycles. The van der Waals surface area contributed by atoms with Gasteiger partial charge in [-0.1, -0.05) is 0 Å². The van der Waals surface area contributed by atoms with E-state index in [0.717, 1.165) is 0 Å². The molecule has 0 radical (unpaired) electrons. The predicted octanol–water partition coefficient (Wildman–Crippen LogP) is 2.17. The summed E-state index contributed by atoms with van der Waals surface area (Å²) in [5.74, 6) is 0. The van der Waals surface area contributed by atoms with E-state index in [4.69, 9.17) is 17.0 Å². The van der Waals surface area contributed by atoms with Gasteiger partial charge in [0.05, 0.1) is 0 Å². The van der Waals surface area contributed by atoms with Crippen LogP contribution in [0.1, 0.15) is 5.56 Å². The molecule has 3 heteroatoms. The van der Waals surface area contributed by atoms with Crippen LogP contribution in [0, 0.1) is 6.92 Å². The van der Waals surface area contributed by atoms with Gasteiger partial charge in [0, 0.05) is 0 Å². The van der Waals surface area contributed by atoms with Crippen molar-refractivity contribution in [2.75, 3.05) is 0 Å². The topological polar surface area (TPSA) is 0 Å². The zero-order chi connectivity index (χ0) is 7.56. The van der Waals surface area contributed by atoms with Crippen molar-refractivity contribution in [1.82, 2.24) is 0 Å². The Bertz CT molecular complexity index is 223. The van der Waals surface area contributed by atoms with E-state index in [9.17, 15) is 0 Å². The molecule has 10 heavy (non-hydrogen) atoms. The maximum absolute atomic E-state index is 5.88. The monoisotopic (exact) mass is 370 g/mol. The first kappa shape index (κ1) is 8.78.